The number of rotatable bonds is 3. The van der Waals surface area contributed by atoms with Gasteiger partial charge in [0.05, 0.1) is 0 Å². The van der Waals surface area contributed by atoms with Gasteiger partial charge in [-0.1, -0.05) is 24.6 Å². The minimum absolute atomic E-state index is 0.0525. The first-order valence-corrected chi connectivity index (χ1v) is 9.06. The topological polar surface area (TPSA) is 66.6 Å². The highest BCUT2D eigenvalue weighted by Crippen LogP contribution is 2.32. The lowest BCUT2D eigenvalue weighted by molar-refractivity contribution is 0.1000. The van der Waals surface area contributed by atoms with Gasteiger partial charge in [0, 0.05) is 38.7 Å². The molecule has 0 bridgehead atoms. The van der Waals surface area contributed by atoms with Crippen molar-refractivity contribution in [3.05, 3.63) is 41.0 Å². The lowest BCUT2D eigenvalue weighted by atomic mass is 9.89. The molecule has 2 aliphatic rings. The van der Waals surface area contributed by atoms with Crippen LogP contribution in [0.4, 0.5) is 4.79 Å². The molecule has 5 nitrogen and oxygen atoms in total. The van der Waals surface area contributed by atoms with Crippen molar-refractivity contribution < 1.29 is 9.59 Å². The van der Waals surface area contributed by atoms with E-state index in [1.54, 1.807) is 9.80 Å². The summed E-state index contributed by atoms with van der Waals surface area (Å²) >= 11 is 0. The standard InChI is InChI=1S/C20H27N3O2/c1-22-12-16(13-23(2)20(22)25)15-9-10-17(19(21)24)18(11-15)14-7-5-3-4-6-8-14/h7,9-11,16H,3-6,8,12-13H2,1-2H3,(H2,21,24). The summed E-state index contributed by atoms with van der Waals surface area (Å²) < 4.78 is 0. The van der Waals surface area contributed by atoms with Gasteiger partial charge in [-0.25, -0.2) is 4.79 Å². The minimum Gasteiger partial charge on any atom is -0.366 e. The van der Waals surface area contributed by atoms with Gasteiger partial charge in [-0.2, -0.15) is 0 Å². The molecular weight excluding hydrogens is 314 g/mol. The van der Waals surface area contributed by atoms with E-state index in [0.29, 0.717) is 18.7 Å². The first-order valence-electron chi connectivity index (χ1n) is 9.06. The Bertz CT molecular complexity index is 697. The number of amides is 3. The van der Waals surface area contributed by atoms with Crippen LogP contribution in [-0.4, -0.2) is 48.9 Å². The summed E-state index contributed by atoms with van der Waals surface area (Å²) in [6.45, 7) is 1.38. The van der Waals surface area contributed by atoms with Crippen LogP contribution in [0.3, 0.4) is 0 Å². The van der Waals surface area contributed by atoms with Gasteiger partial charge < -0.3 is 15.5 Å². The highest BCUT2D eigenvalue weighted by Gasteiger charge is 2.28. The zero-order valence-corrected chi connectivity index (χ0v) is 15.1. The van der Waals surface area contributed by atoms with E-state index in [0.717, 1.165) is 30.4 Å². The monoisotopic (exact) mass is 341 g/mol. The van der Waals surface area contributed by atoms with E-state index in [1.165, 1.54) is 18.4 Å². The van der Waals surface area contributed by atoms with E-state index in [1.807, 2.05) is 26.2 Å². The van der Waals surface area contributed by atoms with Crippen molar-refractivity contribution in [2.45, 2.75) is 38.0 Å². The summed E-state index contributed by atoms with van der Waals surface area (Å²) in [6.07, 6.45) is 7.90. The van der Waals surface area contributed by atoms with Crippen LogP contribution in [0, 0.1) is 0 Å². The number of carbonyl (C=O) groups excluding carboxylic acids is 2. The number of nitrogens with two attached hydrogens (primary N) is 1. The Labute approximate surface area is 149 Å². The molecule has 0 aromatic heterocycles. The van der Waals surface area contributed by atoms with E-state index >= 15 is 0 Å². The first kappa shape index (κ1) is 17.5. The number of carbonyl (C=O) groups is 2. The van der Waals surface area contributed by atoms with Crippen LogP contribution in [0.5, 0.6) is 0 Å². The fraction of sp³-hybridized carbons (Fsp3) is 0.500. The van der Waals surface area contributed by atoms with Crippen LogP contribution < -0.4 is 5.73 Å². The molecule has 1 saturated heterocycles. The third kappa shape index (κ3) is 3.70. The average molecular weight is 341 g/mol. The molecule has 1 fully saturated rings. The van der Waals surface area contributed by atoms with Crippen molar-refractivity contribution in [1.82, 2.24) is 9.80 Å². The molecule has 0 radical (unpaired) electrons. The fourth-order valence-corrected chi connectivity index (χ4v) is 3.93. The van der Waals surface area contributed by atoms with E-state index in [2.05, 4.69) is 12.1 Å². The van der Waals surface area contributed by atoms with Gasteiger partial charge in [0.1, 0.15) is 0 Å². The van der Waals surface area contributed by atoms with Gasteiger partial charge in [-0.05, 0) is 48.4 Å². The number of benzene rings is 1. The highest BCUT2D eigenvalue weighted by atomic mass is 16.2. The average Bonchev–Trinajstić information content (AvgIpc) is 2.88. The molecule has 1 heterocycles. The molecule has 2 N–H and O–H groups in total. The molecule has 1 aliphatic carbocycles. The normalized spacial score (nSPS) is 19.6. The number of hydrogen-bond donors (Lipinski definition) is 1. The molecule has 134 valence electrons. The maximum absolute atomic E-state index is 12.0. The van der Waals surface area contributed by atoms with Crippen molar-refractivity contribution >= 4 is 17.5 Å². The fourth-order valence-electron chi connectivity index (χ4n) is 3.93. The molecule has 0 saturated carbocycles. The smallest absolute Gasteiger partial charge is 0.319 e. The Hall–Kier alpha value is -2.30. The van der Waals surface area contributed by atoms with Crippen LogP contribution in [0.15, 0.2) is 24.3 Å². The molecular formula is C20H27N3O2. The van der Waals surface area contributed by atoms with Crippen LogP contribution in [0.25, 0.3) is 5.57 Å². The maximum atomic E-state index is 12.0. The van der Waals surface area contributed by atoms with Crippen LogP contribution in [0.1, 0.15) is 59.5 Å². The summed E-state index contributed by atoms with van der Waals surface area (Å²) in [5.74, 6) is -0.139. The Morgan fingerprint density at radius 3 is 2.52 bits per heavy atom. The Balaban J connectivity index is 1.96. The van der Waals surface area contributed by atoms with Crippen LogP contribution in [-0.2, 0) is 0 Å². The van der Waals surface area contributed by atoms with E-state index < -0.39 is 0 Å². The molecule has 0 unspecified atom stereocenters. The Kier molecular flexibility index (Phi) is 5.11. The predicted molar refractivity (Wildman–Crippen MR) is 99.4 cm³/mol. The molecule has 0 spiro atoms. The third-order valence-electron chi connectivity index (χ3n) is 5.31. The van der Waals surface area contributed by atoms with Gasteiger partial charge in [0.2, 0.25) is 5.91 Å². The van der Waals surface area contributed by atoms with E-state index in [4.69, 9.17) is 5.73 Å². The Morgan fingerprint density at radius 1 is 1.12 bits per heavy atom. The van der Waals surface area contributed by atoms with E-state index in [-0.39, 0.29) is 17.9 Å². The lowest BCUT2D eigenvalue weighted by Gasteiger charge is -2.36. The number of likely N-dealkylation sites (N-methyl/N-ethyl adjacent to an activating group) is 2. The molecule has 1 aromatic carbocycles. The van der Waals surface area contributed by atoms with Crippen molar-refractivity contribution in [1.29, 1.82) is 0 Å². The number of nitrogens with zero attached hydrogens (tertiary/aromatic N) is 2. The zero-order valence-electron chi connectivity index (χ0n) is 15.1. The SMILES string of the molecule is CN1CC(c2ccc(C(N)=O)c(C3=CCCCCC3)c2)CN(C)C1=O. The number of allylic oxidation sites excluding steroid dienone is 2. The quantitative estimate of drug-likeness (QED) is 0.917. The van der Waals surface area contributed by atoms with Crippen LogP contribution in [0.2, 0.25) is 0 Å². The van der Waals surface area contributed by atoms with Gasteiger partial charge in [0.25, 0.3) is 0 Å². The minimum atomic E-state index is -0.375. The van der Waals surface area contributed by atoms with Crippen molar-refractivity contribution in [3.8, 4) is 0 Å². The van der Waals surface area contributed by atoms with Crippen molar-refractivity contribution in [2.75, 3.05) is 27.2 Å². The molecule has 25 heavy (non-hydrogen) atoms. The van der Waals surface area contributed by atoms with Crippen molar-refractivity contribution in [2.24, 2.45) is 5.73 Å². The van der Waals surface area contributed by atoms with Crippen LogP contribution >= 0.6 is 0 Å². The summed E-state index contributed by atoms with van der Waals surface area (Å²) in [4.78, 5) is 27.4. The predicted octanol–water partition coefficient (Wildman–Crippen LogP) is 3.21. The summed E-state index contributed by atoms with van der Waals surface area (Å²) in [5, 5.41) is 0. The molecule has 5 heteroatoms. The largest absolute Gasteiger partial charge is 0.366 e. The lowest BCUT2D eigenvalue weighted by Crippen LogP contribution is -2.48. The van der Waals surface area contributed by atoms with Gasteiger partial charge in [-0.15, -0.1) is 0 Å². The summed E-state index contributed by atoms with van der Waals surface area (Å²) in [5.41, 5.74) is 9.61. The Morgan fingerprint density at radius 2 is 1.84 bits per heavy atom. The second-order valence-electron chi connectivity index (χ2n) is 7.24. The molecule has 3 rings (SSSR count). The zero-order chi connectivity index (χ0) is 18.0. The maximum Gasteiger partial charge on any atom is 0.319 e. The second-order valence-corrected chi connectivity index (χ2v) is 7.24. The third-order valence-corrected chi connectivity index (χ3v) is 5.31. The number of primary amides is 1. The number of hydrogen-bond acceptors (Lipinski definition) is 2. The van der Waals surface area contributed by atoms with Gasteiger partial charge >= 0.3 is 6.03 Å². The number of urea groups is 1. The highest BCUT2D eigenvalue weighted by molar-refractivity contribution is 5.98. The second kappa shape index (κ2) is 7.30. The molecule has 1 aromatic rings. The van der Waals surface area contributed by atoms with Gasteiger partial charge in [0.15, 0.2) is 0 Å². The molecule has 0 atom stereocenters. The van der Waals surface area contributed by atoms with Crippen molar-refractivity contribution in [3.63, 3.8) is 0 Å². The first-order chi connectivity index (χ1) is 12.0. The summed E-state index contributed by atoms with van der Waals surface area (Å²) in [6, 6.07) is 6.02. The summed E-state index contributed by atoms with van der Waals surface area (Å²) in [7, 11) is 3.66. The van der Waals surface area contributed by atoms with Gasteiger partial charge in [-0.3, -0.25) is 4.79 Å². The molecule has 1 aliphatic heterocycles. The molecule has 3 amide bonds. The van der Waals surface area contributed by atoms with E-state index in [9.17, 15) is 9.59 Å².